The van der Waals surface area contributed by atoms with Crippen molar-refractivity contribution in [1.29, 1.82) is 5.26 Å². The van der Waals surface area contributed by atoms with Crippen molar-refractivity contribution in [3.8, 4) is 11.9 Å². The van der Waals surface area contributed by atoms with E-state index in [1.807, 2.05) is 0 Å². The van der Waals surface area contributed by atoms with Crippen LogP contribution in [-0.4, -0.2) is 57.8 Å². The molecule has 1 N–H and O–H groups in total. The molecule has 3 heterocycles. The average Bonchev–Trinajstić information content (AvgIpc) is 3.50. The van der Waals surface area contributed by atoms with Gasteiger partial charge in [-0.15, -0.1) is 5.10 Å². The number of sulfonamides is 1. The van der Waals surface area contributed by atoms with Gasteiger partial charge in [0.05, 0.1) is 11.8 Å². The summed E-state index contributed by atoms with van der Waals surface area (Å²) in [6.07, 6.45) is 4.02. The summed E-state index contributed by atoms with van der Waals surface area (Å²) in [4.78, 5) is 25.9. The second-order valence-corrected chi connectivity index (χ2v) is 11.9. The minimum absolute atomic E-state index is 0.00464. The highest BCUT2D eigenvalue weighted by molar-refractivity contribution is 7.90. The zero-order valence-electron chi connectivity index (χ0n) is 20.6. The zero-order valence-corrected chi connectivity index (χ0v) is 21.4. The maximum absolute atomic E-state index is 13.9. The Bertz CT molecular complexity index is 1640. The van der Waals surface area contributed by atoms with Crippen LogP contribution in [0, 0.1) is 17.1 Å². The van der Waals surface area contributed by atoms with Crippen LogP contribution in [0.5, 0.6) is 5.88 Å². The van der Waals surface area contributed by atoms with Crippen LogP contribution < -0.4 is 15.6 Å². The Hall–Kier alpha value is -3.89. The Morgan fingerprint density at radius 3 is 2.66 bits per heavy atom. The molecule has 1 aromatic carbocycles. The highest BCUT2D eigenvalue weighted by atomic mass is 32.2. The second-order valence-electron chi connectivity index (χ2n) is 9.57. The van der Waals surface area contributed by atoms with Crippen LogP contribution >= 0.6 is 0 Å². The van der Waals surface area contributed by atoms with Crippen LogP contribution in [0.3, 0.4) is 0 Å². The molecule has 1 aliphatic heterocycles. The molecule has 1 saturated carbocycles. The number of nitrogens with zero attached hydrogens (tertiary/aromatic N) is 5. The summed E-state index contributed by atoms with van der Waals surface area (Å²) in [6, 6.07) is 7.06. The van der Waals surface area contributed by atoms with E-state index in [2.05, 4.69) is 15.5 Å². The predicted octanol–water partition coefficient (Wildman–Crippen LogP) is 1.61. The Labute approximate surface area is 217 Å². The largest absolute Gasteiger partial charge is 0.473 e. The lowest BCUT2D eigenvalue weighted by atomic mass is 10.1. The molecule has 0 bridgehead atoms. The zero-order chi connectivity index (χ0) is 27.1. The molecule has 1 saturated heterocycles. The standard InChI is InChI=1S/C25H25FN6O5S/c1-31-21-18(11-19(24(31)34)22(33)28-13-16-4-5-17(12-27)20(26)10-16)14-29-30-23(21)37-15-25(6-7-25)38(35,36)32-8-2-3-9-32/h4-5,10-11,14H,2-3,6-9,13,15H2,1H3,(H,28,33). The normalized spacial score (nSPS) is 16.8. The third-order valence-corrected chi connectivity index (χ3v) is 9.74. The predicted molar refractivity (Wildman–Crippen MR) is 134 cm³/mol. The molecule has 11 nitrogen and oxygen atoms in total. The van der Waals surface area contributed by atoms with Gasteiger partial charge in [0.25, 0.3) is 17.3 Å². The number of pyridine rings is 1. The first-order valence-electron chi connectivity index (χ1n) is 12.1. The van der Waals surface area contributed by atoms with Gasteiger partial charge in [-0.2, -0.15) is 10.4 Å². The molecule has 5 rings (SSSR count). The average molecular weight is 541 g/mol. The van der Waals surface area contributed by atoms with Crippen LogP contribution in [0.1, 0.15) is 47.2 Å². The number of hydrogen-bond donors (Lipinski definition) is 1. The van der Waals surface area contributed by atoms with Crippen molar-refractivity contribution >= 4 is 26.8 Å². The lowest BCUT2D eigenvalue weighted by Gasteiger charge is -2.23. The van der Waals surface area contributed by atoms with E-state index < -0.39 is 32.1 Å². The van der Waals surface area contributed by atoms with E-state index in [1.165, 1.54) is 40.3 Å². The Balaban J connectivity index is 1.36. The number of nitriles is 1. The van der Waals surface area contributed by atoms with Gasteiger partial charge in [0.1, 0.15) is 34.3 Å². The number of aromatic nitrogens is 3. The minimum Gasteiger partial charge on any atom is -0.473 e. The van der Waals surface area contributed by atoms with Gasteiger partial charge in [0.15, 0.2) is 0 Å². The molecule has 2 fully saturated rings. The van der Waals surface area contributed by atoms with Gasteiger partial charge in [-0.1, -0.05) is 6.07 Å². The molecule has 38 heavy (non-hydrogen) atoms. The van der Waals surface area contributed by atoms with E-state index in [9.17, 15) is 22.4 Å². The van der Waals surface area contributed by atoms with Crippen LogP contribution in [0.15, 0.2) is 35.3 Å². The van der Waals surface area contributed by atoms with Crippen molar-refractivity contribution in [2.24, 2.45) is 7.05 Å². The third kappa shape index (κ3) is 4.50. The number of nitrogens with one attached hydrogen (secondary N) is 1. The Morgan fingerprint density at radius 2 is 2.00 bits per heavy atom. The number of ether oxygens (including phenoxy) is 1. The van der Waals surface area contributed by atoms with Gasteiger partial charge in [-0.25, -0.2) is 17.1 Å². The van der Waals surface area contributed by atoms with Gasteiger partial charge < -0.3 is 14.6 Å². The first-order valence-corrected chi connectivity index (χ1v) is 13.6. The Kier molecular flexibility index (Phi) is 6.62. The minimum atomic E-state index is -3.52. The molecule has 2 aromatic heterocycles. The van der Waals surface area contributed by atoms with Gasteiger partial charge in [0, 0.05) is 32.1 Å². The molecule has 0 spiro atoms. The fourth-order valence-electron chi connectivity index (χ4n) is 4.63. The number of carbonyl (C=O) groups excluding carboxylic acids is 1. The van der Waals surface area contributed by atoms with Gasteiger partial charge in [-0.3, -0.25) is 9.59 Å². The molecule has 0 atom stereocenters. The first kappa shape index (κ1) is 25.7. The number of aryl methyl sites for hydroxylation is 1. The molecule has 0 radical (unpaired) electrons. The van der Waals surface area contributed by atoms with Gasteiger partial charge in [0.2, 0.25) is 10.0 Å². The first-order chi connectivity index (χ1) is 18.2. The van der Waals surface area contributed by atoms with Crippen LogP contribution in [-0.2, 0) is 23.6 Å². The van der Waals surface area contributed by atoms with Gasteiger partial charge >= 0.3 is 0 Å². The van der Waals surface area contributed by atoms with E-state index in [1.54, 1.807) is 6.07 Å². The smallest absolute Gasteiger partial charge is 0.263 e. The quantitative estimate of drug-likeness (QED) is 0.453. The summed E-state index contributed by atoms with van der Waals surface area (Å²) in [7, 11) is -2.07. The number of carbonyl (C=O) groups is 1. The molecule has 1 aliphatic carbocycles. The number of fused-ring (bicyclic) bond motifs is 1. The van der Waals surface area contributed by atoms with E-state index >= 15 is 0 Å². The Morgan fingerprint density at radius 1 is 1.26 bits per heavy atom. The third-order valence-electron chi connectivity index (χ3n) is 7.08. The monoisotopic (exact) mass is 540 g/mol. The number of amides is 1. The number of hydrogen-bond acceptors (Lipinski definition) is 8. The summed E-state index contributed by atoms with van der Waals surface area (Å²) in [6.45, 7) is 0.853. The number of halogens is 1. The maximum atomic E-state index is 13.9. The molecule has 3 aromatic rings. The summed E-state index contributed by atoms with van der Waals surface area (Å²) >= 11 is 0. The molecule has 0 unspecified atom stereocenters. The van der Waals surface area contributed by atoms with Crippen LogP contribution in [0.25, 0.3) is 10.9 Å². The molecular weight excluding hydrogens is 515 g/mol. The molecule has 198 valence electrons. The SMILES string of the molecule is Cn1c(=O)c(C(=O)NCc2ccc(C#N)c(F)c2)cc2cnnc(OCC3(S(=O)(=O)N4CCCC4)CC3)c21. The van der Waals surface area contributed by atoms with Crippen LogP contribution in [0.4, 0.5) is 4.39 Å². The molecule has 2 aliphatic rings. The fourth-order valence-corrected chi connectivity index (χ4v) is 6.75. The number of benzene rings is 1. The summed E-state index contributed by atoms with van der Waals surface area (Å²) < 4.78 is 47.7. The summed E-state index contributed by atoms with van der Waals surface area (Å²) in [5, 5.41) is 19.7. The van der Waals surface area contributed by atoms with Crippen LogP contribution in [0.2, 0.25) is 0 Å². The second kappa shape index (κ2) is 9.77. The lowest BCUT2D eigenvalue weighted by Crippen LogP contribution is -2.42. The van der Waals surface area contributed by atoms with Crippen molar-refractivity contribution in [3.63, 3.8) is 0 Å². The maximum Gasteiger partial charge on any atom is 0.263 e. The lowest BCUT2D eigenvalue weighted by molar-refractivity contribution is 0.0949. The topological polar surface area (TPSA) is 147 Å². The number of rotatable bonds is 8. The highest BCUT2D eigenvalue weighted by Crippen LogP contribution is 2.46. The van der Waals surface area contributed by atoms with E-state index in [4.69, 9.17) is 10.00 Å². The van der Waals surface area contributed by atoms with Crippen molar-refractivity contribution in [2.45, 2.75) is 37.0 Å². The van der Waals surface area contributed by atoms with Crippen molar-refractivity contribution in [1.82, 2.24) is 24.4 Å². The fraction of sp³-hybridized carbons (Fsp3) is 0.400. The summed E-state index contributed by atoms with van der Waals surface area (Å²) in [5.41, 5.74) is -0.186. The van der Waals surface area contributed by atoms with E-state index in [-0.39, 0.29) is 35.7 Å². The molecular formula is C25H25FN6O5S. The van der Waals surface area contributed by atoms with Gasteiger partial charge in [-0.05, 0) is 49.4 Å². The van der Waals surface area contributed by atoms with Crippen molar-refractivity contribution in [2.75, 3.05) is 19.7 Å². The van der Waals surface area contributed by atoms with Crippen molar-refractivity contribution < 1.29 is 22.3 Å². The molecule has 1 amide bonds. The summed E-state index contributed by atoms with van der Waals surface area (Å²) in [5.74, 6) is -1.37. The highest BCUT2D eigenvalue weighted by Gasteiger charge is 2.58. The van der Waals surface area contributed by atoms with E-state index in [0.29, 0.717) is 36.9 Å². The van der Waals surface area contributed by atoms with Crippen molar-refractivity contribution in [3.05, 3.63) is 63.3 Å². The molecule has 13 heteroatoms. The van der Waals surface area contributed by atoms with E-state index in [0.717, 1.165) is 18.9 Å².